The highest BCUT2D eigenvalue weighted by molar-refractivity contribution is 5.75. The third-order valence-corrected chi connectivity index (χ3v) is 5.53. The van der Waals surface area contributed by atoms with E-state index in [4.69, 9.17) is 9.47 Å². The van der Waals surface area contributed by atoms with Crippen LogP contribution in [-0.4, -0.2) is 54.8 Å². The first-order valence-corrected chi connectivity index (χ1v) is 9.93. The normalized spacial score (nSPS) is 21.3. The van der Waals surface area contributed by atoms with Crippen molar-refractivity contribution in [3.05, 3.63) is 28.2 Å². The Labute approximate surface area is 160 Å². The summed E-state index contributed by atoms with van der Waals surface area (Å²) < 4.78 is 12.6. The molecule has 1 amide bonds. The zero-order valence-corrected chi connectivity index (χ0v) is 16.4. The first-order valence-electron chi connectivity index (χ1n) is 9.93. The highest BCUT2D eigenvalue weighted by atomic mass is 16.5. The number of hydrogen-bond donors (Lipinski definition) is 1. The number of amides is 1. The number of ether oxygens (including phenoxy) is 2. The van der Waals surface area contributed by atoms with Crippen LogP contribution in [0, 0.1) is 5.92 Å². The molecule has 3 heterocycles. The summed E-state index contributed by atoms with van der Waals surface area (Å²) in [5.74, 6) is 0.936. The highest BCUT2D eigenvalue weighted by Gasteiger charge is 2.19. The van der Waals surface area contributed by atoms with E-state index >= 15 is 0 Å². The fourth-order valence-corrected chi connectivity index (χ4v) is 3.72. The van der Waals surface area contributed by atoms with E-state index in [1.165, 1.54) is 20.0 Å². The molecule has 1 atom stereocenters. The van der Waals surface area contributed by atoms with Gasteiger partial charge in [0, 0.05) is 31.5 Å². The van der Waals surface area contributed by atoms with Crippen molar-refractivity contribution in [2.24, 2.45) is 5.92 Å². The summed E-state index contributed by atoms with van der Waals surface area (Å²) in [6, 6.07) is 1.60. The molecule has 0 aromatic carbocycles. The summed E-state index contributed by atoms with van der Waals surface area (Å²) in [6.07, 6.45) is 6.15. The number of rotatable bonds is 7. The van der Waals surface area contributed by atoms with Crippen molar-refractivity contribution in [2.75, 3.05) is 33.4 Å². The Kier molecular flexibility index (Phi) is 6.90. The Morgan fingerprint density at radius 3 is 2.78 bits per heavy atom. The topological polar surface area (TPSA) is 72.8 Å². The average Bonchev–Trinajstić information content (AvgIpc) is 3.17. The molecule has 2 saturated heterocycles. The number of likely N-dealkylation sites (tertiary alicyclic amines) is 1. The Morgan fingerprint density at radius 2 is 2.11 bits per heavy atom. The van der Waals surface area contributed by atoms with E-state index in [0.29, 0.717) is 13.1 Å². The van der Waals surface area contributed by atoms with Gasteiger partial charge in [-0.05, 0) is 44.7 Å². The molecule has 1 N–H and O–H groups in total. The smallest absolute Gasteiger partial charge is 0.240 e. The summed E-state index contributed by atoms with van der Waals surface area (Å²) in [5, 5.41) is 2.94. The molecule has 2 aliphatic rings. The Hall–Kier alpha value is -1.86. The second-order valence-corrected chi connectivity index (χ2v) is 7.72. The minimum atomic E-state index is -0.145. The van der Waals surface area contributed by atoms with Crippen LogP contribution in [0.1, 0.15) is 38.3 Å². The number of nitrogens with zero attached hydrogens (tertiary/aromatic N) is 2. The van der Waals surface area contributed by atoms with Gasteiger partial charge in [0.1, 0.15) is 6.54 Å². The summed E-state index contributed by atoms with van der Waals surface area (Å²) in [4.78, 5) is 27.0. The van der Waals surface area contributed by atoms with Gasteiger partial charge in [0.15, 0.2) is 5.75 Å². The zero-order valence-electron chi connectivity index (χ0n) is 16.4. The second kappa shape index (κ2) is 9.37. The van der Waals surface area contributed by atoms with Gasteiger partial charge >= 0.3 is 0 Å². The lowest BCUT2D eigenvalue weighted by Gasteiger charge is -2.31. The Balaban J connectivity index is 1.67. The van der Waals surface area contributed by atoms with Crippen LogP contribution >= 0.6 is 0 Å². The van der Waals surface area contributed by atoms with Crippen LogP contribution in [-0.2, 0) is 22.6 Å². The van der Waals surface area contributed by atoms with Gasteiger partial charge < -0.3 is 19.4 Å². The minimum Gasteiger partial charge on any atom is -0.491 e. The SMILES string of the molecule is COc1cn(CC(=O)NCC2CCCO2)c(CN2CCC(C)CC2)cc1=O. The largest absolute Gasteiger partial charge is 0.491 e. The quantitative estimate of drug-likeness (QED) is 0.777. The van der Waals surface area contributed by atoms with E-state index in [1.807, 2.05) is 4.57 Å². The van der Waals surface area contributed by atoms with Crippen molar-refractivity contribution in [2.45, 2.75) is 51.8 Å². The van der Waals surface area contributed by atoms with E-state index in [1.54, 1.807) is 12.3 Å². The molecule has 2 aliphatic heterocycles. The second-order valence-electron chi connectivity index (χ2n) is 7.72. The molecular weight excluding hydrogens is 346 g/mol. The van der Waals surface area contributed by atoms with E-state index in [9.17, 15) is 9.59 Å². The number of methoxy groups -OCH3 is 1. The van der Waals surface area contributed by atoms with Crippen LogP contribution in [0.15, 0.2) is 17.1 Å². The molecule has 1 unspecified atom stereocenters. The molecule has 7 nitrogen and oxygen atoms in total. The average molecular weight is 377 g/mol. The number of pyridine rings is 1. The third-order valence-electron chi connectivity index (χ3n) is 5.53. The molecule has 0 saturated carbocycles. The predicted molar refractivity (Wildman–Crippen MR) is 103 cm³/mol. The van der Waals surface area contributed by atoms with E-state index < -0.39 is 0 Å². The van der Waals surface area contributed by atoms with Crippen LogP contribution in [0.5, 0.6) is 5.75 Å². The molecule has 1 aromatic rings. The van der Waals surface area contributed by atoms with Gasteiger partial charge in [-0.2, -0.15) is 0 Å². The first kappa shape index (κ1) is 19.9. The summed E-state index contributed by atoms with van der Waals surface area (Å²) >= 11 is 0. The number of aromatic nitrogens is 1. The fraction of sp³-hybridized carbons (Fsp3) is 0.700. The molecule has 0 aliphatic carbocycles. The molecule has 27 heavy (non-hydrogen) atoms. The van der Waals surface area contributed by atoms with Gasteiger partial charge in [-0.15, -0.1) is 0 Å². The summed E-state index contributed by atoms with van der Waals surface area (Å²) in [6.45, 7) is 6.47. The number of nitrogens with one attached hydrogen (secondary N) is 1. The molecule has 0 spiro atoms. The van der Waals surface area contributed by atoms with Crippen molar-refractivity contribution in [3.63, 3.8) is 0 Å². The third kappa shape index (κ3) is 5.56. The Morgan fingerprint density at radius 1 is 1.33 bits per heavy atom. The van der Waals surface area contributed by atoms with Gasteiger partial charge in [-0.3, -0.25) is 14.5 Å². The highest BCUT2D eigenvalue weighted by Crippen LogP contribution is 2.18. The number of carbonyl (C=O) groups is 1. The summed E-state index contributed by atoms with van der Waals surface area (Å²) in [7, 11) is 1.48. The number of hydrogen-bond acceptors (Lipinski definition) is 5. The number of piperidine rings is 1. The minimum absolute atomic E-state index is 0.0790. The fourth-order valence-electron chi connectivity index (χ4n) is 3.72. The van der Waals surface area contributed by atoms with Gasteiger partial charge in [0.25, 0.3) is 0 Å². The molecule has 150 valence electrons. The maximum atomic E-state index is 12.4. The van der Waals surface area contributed by atoms with Crippen molar-refractivity contribution in [1.82, 2.24) is 14.8 Å². The van der Waals surface area contributed by atoms with Gasteiger partial charge in [0.2, 0.25) is 11.3 Å². The van der Waals surface area contributed by atoms with E-state index in [0.717, 1.165) is 44.1 Å². The molecule has 3 rings (SSSR count). The maximum absolute atomic E-state index is 12.4. The van der Waals surface area contributed by atoms with E-state index in [-0.39, 0.29) is 29.7 Å². The van der Waals surface area contributed by atoms with Gasteiger partial charge in [-0.1, -0.05) is 6.92 Å². The first-order chi connectivity index (χ1) is 13.0. The van der Waals surface area contributed by atoms with Crippen LogP contribution in [0.3, 0.4) is 0 Å². The maximum Gasteiger partial charge on any atom is 0.240 e. The van der Waals surface area contributed by atoms with E-state index in [2.05, 4.69) is 17.1 Å². The zero-order chi connectivity index (χ0) is 19.2. The molecule has 0 bridgehead atoms. The van der Waals surface area contributed by atoms with Crippen LogP contribution < -0.4 is 15.5 Å². The Bertz CT molecular complexity index is 689. The summed E-state index contributed by atoms with van der Waals surface area (Å²) in [5.41, 5.74) is 0.705. The van der Waals surface area contributed by atoms with Crippen LogP contribution in [0.4, 0.5) is 0 Å². The predicted octanol–water partition coefficient (Wildman–Crippen LogP) is 1.38. The molecule has 7 heteroatoms. The van der Waals surface area contributed by atoms with Crippen molar-refractivity contribution in [3.8, 4) is 5.75 Å². The lowest BCUT2D eigenvalue weighted by Crippen LogP contribution is -2.36. The van der Waals surface area contributed by atoms with Crippen molar-refractivity contribution < 1.29 is 14.3 Å². The lowest BCUT2D eigenvalue weighted by atomic mass is 9.99. The van der Waals surface area contributed by atoms with Crippen LogP contribution in [0.2, 0.25) is 0 Å². The van der Waals surface area contributed by atoms with Crippen molar-refractivity contribution in [1.29, 1.82) is 0 Å². The molecule has 0 radical (unpaired) electrons. The molecule has 1 aromatic heterocycles. The molecular formula is C20H31N3O4. The van der Waals surface area contributed by atoms with Gasteiger partial charge in [0.05, 0.1) is 19.4 Å². The standard InChI is InChI=1S/C20H31N3O4/c1-15-5-7-22(8-6-15)12-16-10-18(24)19(26-2)13-23(16)14-20(25)21-11-17-4-3-9-27-17/h10,13,15,17H,3-9,11-12,14H2,1-2H3,(H,21,25). The number of carbonyl (C=O) groups excluding carboxylic acids is 1. The van der Waals surface area contributed by atoms with Gasteiger partial charge in [-0.25, -0.2) is 0 Å². The lowest BCUT2D eigenvalue weighted by molar-refractivity contribution is -0.122. The molecule has 2 fully saturated rings. The van der Waals surface area contributed by atoms with Crippen LogP contribution in [0.25, 0.3) is 0 Å². The monoisotopic (exact) mass is 377 g/mol. The van der Waals surface area contributed by atoms with Crippen molar-refractivity contribution >= 4 is 5.91 Å².